The summed E-state index contributed by atoms with van der Waals surface area (Å²) in [5.74, 6) is 1.11. The van der Waals surface area contributed by atoms with E-state index in [1.807, 2.05) is 31.2 Å². The second kappa shape index (κ2) is 6.57. The standard InChI is InChI=1S/C15H17N5O3/c1-2-23-12-5-3-11(4-6-12)9-13-14(22)19(7-8-21)15-17-16-10-20(15)18-13/h3-6,10,21H,2,7-9H2,1H3. The van der Waals surface area contributed by atoms with Gasteiger partial charge >= 0.3 is 0 Å². The van der Waals surface area contributed by atoms with Crippen LogP contribution in [0.25, 0.3) is 5.78 Å². The highest BCUT2D eigenvalue weighted by atomic mass is 16.5. The van der Waals surface area contributed by atoms with Gasteiger partial charge in [0.1, 0.15) is 17.8 Å². The minimum absolute atomic E-state index is 0.153. The fraction of sp³-hybridized carbons (Fsp3) is 0.333. The molecule has 0 saturated carbocycles. The highest BCUT2D eigenvalue weighted by molar-refractivity contribution is 5.31. The van der Waals surface area contributed by atoms with E-state index in [1.165, 1.54) is 15.4 Å². The molecule has 0 aliphatic heterocycles. The van der Waals surface area contributed by atoms with Crippen LogP contribution in [-0.4, -0.2) is 42.7 Å². The van der Waals surface area contributed by atoms with Gasteiger partial charge in [-0.05, 0) is 24.6 Å². The van der Waals surface area contributed by atoms with Gasteiger partial charge in [-0.2, -0.15) is 9.61 Å². The summed E-state index contributed by atoms with van der Waals surface area (Å²) in [6.45, 7) is 2.53. The molecular weight excluding hydrogens is 298 g/mol. The van der Waals surface area contributed by atoms with E-state index in [-0.39, 0.29) is 18.7 Å². The predicted molar refractivity (Wildman–Crippen MR) is 82.5 cm³/mol. The number of hydrogen-bond acceptors (Lipinski definition) is 6. The van der Waals surface area contributed by atoms with E-state index in [1.54, 1.807) is 0 Å². The van der Waals surface area contributed by atoms with Crippen molar-refractivity contribution in [3.63, 3.8) is 0 Å². The lowest BCUT2D eigenvalue weighted by Crippen LogP contribution is -2.29. The van der Waals surface area contributed by atoms with Gasteiger partial charge in [0.25, 0.3) is 11.3 Å². The zero-order valence-corrected chi connectivity index (χ0v) is 12.7. The summed E-state index contributed by atoms with van der Waals surface area (Å²) < 4.78 is 8.23. The first-order valence-corrected chi connectivity index (χ1v) is 7.35. The monoisotopic (exact) mass is 315 g/mol. The molecule has 3 rings (SSSR count). The third-order valence-corrected chi connectivity index (χ3v) is 3.40. The van der Waals surface area contributed by atoms with Crippen LogP contribution in [-0.2, 0) is 13.0 Å². The van der Waals surface area contributed by atoms with E-state index in [4.69, 9.17) is 9.84 Å². The van der Waals surface area contributed by atoms with Gasteiger partial charge < -0.3 is 9.84 Å². The summed E-state index contributed by atoms with van der Waals surface area (Å²) in [5, 5.41) is 21.1. The molecule has 0 bridgehead atoms. The number of hydrogen-bond donors (Lipinski definition) is 1. The van der Waals surface area contributed by atoms with Crippen molar-refractivity contribution < 1.29 is 9.84 Å². The zero-order chi connectivity index (χ0) is 16.2. The molecule has 120 valence electrons. The second-order valence-corrected chi connectivity index (χ2v) is 4.96. The molecule has 2 heterocycles. The second-order valence-electron chi connectivity index (χ2n) is 4.96. The lowest BCUT2D eigenvalue weighted by Gasteiger charge is -2.08. The Hall–Kier alpha value is -2.74. The van der Waals surface area contributed by atoms with Crippen LogP contribution in [0.15, 0.2) is 35.4 Å². The Morgan fingerprint density at radius 2 is 2.04 bits per heavy atom. The number of benzene rings is 1. The summed E-state index contributed by atoms with van der Waals surface area (Å²) in [7, 11) is 0. The number of fused-ring (bicyclic) bond motifs is 1. The fourth-order valence-corrected chi connectivity index (χ4v) is 2.37. The minimum Gasteiger partial charge on any atom is -0.494 e. The molecule has 8 nitrogen and oxygen atoms in total. The number of aliphatic hydroxyl groups is 1. The van der Waals surface area contributed by atoms with Gasteiger partial charge in [0.05, 0.1) is 19.8 Å². The molecule has 1 aromatic carbocycles. The van der Waals surface area contributed by atoms with Crippen molar-refractivity contribution in [1.82, 2.24) is 24.4 Å². The highest BCUT2D eigenvalue weighted by Crippen LogP contribution is 2.13. The van der Waals surface area contributed by atoms with Crippen LogP contribution < -0.4 is 10.3 Å². The summed E-state index contributed by atoms with van der Waals surface area (Å²) in [6, 6.07) is 7.53. The molecule has 23 heavy (non-hydrogen) atoms. The molecule has 3 aromatic rings. The van der Waals surface area contributed by atoms with E-state index in [2.05, 4.69) is 15.3 Å². The molecule has 0 radical (unpaired) electrons. The zero-order valence-electron chi connectivity index (χ0n) is 12.7. The lowest BCUT2D eigenvalue weighted by atomic mass is 10.1. The molecule has 0 fully saturated rings. The molecule has 1 N–H and O–H groups in total. The van der Waals surface area contributed by atoms with Crippen LogP contribution in [0.5, 0.6) is 5.75 Å². The quantitative estimate of drug-likeness (QED) is 0.701. The SMILES string of the molecule is CCOc1ccc(Cc2nn3cnnc3n(CCO)c2=O)cc1. The normalized spacial score (nSPS) is 11.0. The van der Waals surface area contributed by atoms with Gasteiger partial charge in [0, 0.05) is 6.42 Å². The van der Waals surface area contributed by atoms with Crippen LogP contribution >= 0.6 is 0 Å². The maximum Gasteiger partial charge on any atom is 0.277 e. The summed E-state index contributed by atoms with van der Waals surface area (Å²) in [6.07, 6.45) is 1.81. The molecule has 0 spiro atoms. The van der Waals surface area contributed by atoms with Gasteiger partial charge in [-0.3, -0.25) is 9.36 Å². The lowest BCUT2D eigenvalue weighted by molar-refractivity contribution is 0.274. The average molecular weight is 315 g/mol. The van der Waals surface area contributed by atoms with Crippen molar-refractivity contribution in [2.75, 3.05) is 13.2 Å². The molecule has 0 saturated heterocycles. The Morgan fingerprint density at radius 1 is 1.26 bits per heavy atom. The van der Waals surface area contributed by atoms with Gasteiger partial charge in [-0.1, -0.05) is 12.1 Å². The number of nitrogens with zero attached hydrogens (tertiary/aromatic N) is 5. The first-order chi connectivity index (χ1) is 11.2. The Morgan fingerprint density at radius 3 is 2.74 bits per heavy atom. The van der Waals surface area contributed by atoms with E-state index in [9.17, 15) is 4.79 Å². The molecule has 0 aliphatic rings. The Balaban J connectivity index is 1.96. The third-order valence-electron chi connectivity index (χ3n) is 3.40. The number of aromatic nitrogens is 5. The first kappa shape index (κ1) is 15.2. The van der Waals surface area contributed by atoms with Gasteiger partial charge in [0.2, 0.25) is 0 Å². The van der Waals surface area contributed by atoms with Crippen LogP contribution in [0.4, 0.5) is 0 Å². The topological polar surface area (TPSA) is 94.5 Å². The number of ether oxygens (including phenoxy) is 1. The first-order valence-electron chi connectivity index (χ1n) is 7.35. The molecule has 2 aromatic heterocycles. The smallest absolute Gasteiger partial charge is 0.277 e. The van der Waals surface area contributed by atoms with Crippen molar-refractivity contribution in [2.45, 2.75) is 19.9 Å². The van der Waals surface area contributed by atoms with Crippen molar-refractivity contribution in [1.29, 1.82) is 0 Å². The summed E-state index contributed by atoms with van der Waals surface area (Å²) in [4.78, 5) is 12.5. The van der Waals surface area contributed by atoms with Gasteiger partial charge in [-0.15, -0.1) is 10.2 Å². The molecule has 0 atom stereocenters. The van der Waals surface area contributed by atoms with Crippen LogP contribution in [0, 0.1) is 0 Å². The maximum absolute atomic E-state index is 12.5. The van der Waals surface area contributed by atoms with Crippen molar-refractivity contribution >= 4 is 5.78 Å². The Kier molecular flexibility index (Phi) is 4.33. The van der Waals surface area contributed by atoms with Crippen molar-refractivity contribution in [3.05, 3.63) is 52.2 Å². The Labute approximate surface area is 132 Å². The molecule has 0 aliphatic carbocycles. The molecule has 0 unspecified atom stereocenters. The maximum atomic E-state index is 12.5. The number of rotatable bonds is 6. The number of aliphatic hydroxyl groups excluding tert-OH is 1. The highest BCUT2D eigenvalue weighted by Gasteiger charge is 2.13. The van der Waals surface area contributed by atoms with Crippen LogP contribution in [0.3, 0.4) is 0 Å². The Bertz CT molecular complexity index is 854. The van der Waals surface area contributed by atoms with Crippen molar-refractivity contribution in [3.8, 4) is 5.75 Å². The predicted octanol–water partition coefficient (Wildman–Crippen LogP) is 0.268. The van der Waals surface area contributed by atoms with E-state index in [0.29, 0.717) is 24.5 Å². The van der Waals surface area contributed by atoms with Gasteiger partial charge in [-0.25, -0.2) is 0 Å². The minimum atomic E-state index is -0.270. The largest absolute Gasteiger partial charge is 0.494 e. The van der Waals surface area contributed by atoms with E-state index in [0.717, 1.165) is 11.3 Å². The fourth-order valence-electron chi connectivity index (χ4n) is 2.37. The summed E-state index contributed by atoms with van der Waals surface area (Å²) >= 11 is 0. The molecule has 0 amide bonds. The van der Waals surface area contributed by atoms with Crippen molar-refractivity contribution in [2.24, 2.45) is 0 Å². The average Bonchev–Trinajstić information content (AvgIpc) is 3.01. The molecule has 8 heteroatoms. The van der Waals surface area contributed by atoms with E-state index >= 15 is 0 Å². The van der Waals surface area contributed by atoms with Gasteiger partial charge in [0.15, 0.2) is 0 Å². The third kappa shape index (κ3) is 3.07. The van der Waals surface area contributed by atoms with Crippen LogP contribution in [0.1, 0.15) is 18.2 Å². The summed E-state index contributed by atoms with van der Waals surface area (Å²) in [5.41, 5.74) is 1.05. The van der Waals surface area contributed by atoms with E-state index < -0.39 is 0 Å². The van der Waals surface area contributed by atoms with Crippen LogP contribution in [0.2, 0.25) is 0 Å². The molecular formula is C15H17N5O3.